The first-order valence-corrected chi connectivity index (χ1v) is 12.5. The number of nitrogens with one attached hydrogen (secondary N) is 4. The van der Waals surface area contributed by atoms with Gasteiger partial charge in [0, 0.05) is 23.9 Å². The fraction of sp³-hybridized carbons (Fsp3) is 0.423. The summed E-state index contributed by atoms with van der Waals surface area (Å²) in [4.78, 5) is 28.2. The summed E-state index contributed by atoms with van der Waals surface area (Å²) >= 11 is 0. The van der Waals surface area contributed by atoms with Crippen molar-refractivity contribution in [3.63, 3.8) is 0 Å². The van der Waals surface area contributed by atoms with Crippen molar-refractivity contribution in [2.75, 3.05) is 25.0 Å². The number of aliphatic hydroxyl groups excluding tert-OH is 2. The standard InChI is InChI=1S/C26H32F3N5O7/c1-25(2,41)15-3-13(4-16(7-15)26(27,28)29)20(9-22(38)39)34-21(37)12-30-23(40)14-5-17(8-18(35)6-14)33-24-31-10-19(36)11-32-24/h3-8,19-20,23,30,35-36,40-41H,9-12H2,1-2H3,(H,34,37)(H,38,39)(H2,31,32,33)/t20-,23?/m0/s1. The van der Waals surface area contributed by atoms with E-state index in [1.165, 1.54) is 38.1 Å². The van der Waals surface area contributed by atoms with Gasteiger partial charge < -0.3 is 41.5 Å². The van der Waals surface area contributed by atoms with E-state index in [1.54, 1.807) is 0 Å². The number of nitrogens with zero attached hydrogens (tertiary/aromatic N) is 1. The number of hydrogen-bond acceptors (Lipinski definition) is 10. The van der Waals surface area contributed by atoms with Crippen molar-refractivity contribution in [3.05, 3.63) is 58.7 Å². The Bertz CT molecular complexity index is 1260. The number of phenolic OH excluding ortho intramolecular Hbond substituents is 1. The van der Waals surface area contributed by atoms with Gasteiger partial charge in [0.05, 0.1) is 42.8 Å². The maximum absolute atomic E-state index is 13.5. The van der Waals surface area contributed by atoms with Crippen LogP contribution in [0.15, 0.2) is 41.4 Å². The molecule has 224 valence electrons. The van der Waals surface area contributed by atoms with Gasteiger partial charge in [-0.25, -0.2) is 0 Å². The molecule has 0 fully saturated rings. The number of phenols is 1. The van der Waals surface area contributed by atoms with Crippen LogP contribution in [0.5, 0.6) is 5.75 Å². The van der Waals surface area contributed by atoms with Crippen LogP contribution in [-0.4, -0.2) is 69.1 Å². The SMILES string of the molecule is CC(C)(O)c1cc([C@H](CC(=O)O)NC(=O)CNC(O)c2cc(O)cc(NC3=NCC(O)CN3)c2)cc(C(F)(F)F)c1. The molecule has 9 N–H and O–H groups in total. The second-order valence-corrected chi connectivity index (χ2v) is 10.1. The van der Waals surface area contributed by atoms with E-state index in [9.17, 15) is 48.3 Å². The van der Waals surface area contributed by atoms with Gasteiger partial charge in [0.1, 0.15) is 12.0 Å². The number of aliphatic carboxylic acids is 1. The number of carboxylic acids is 1. The predicted octanol–water partition coefficient (Wildman–Crippen LogP) is 1.28. The van der Waals surface area contributed by atoms with Gasteiger partial charge in [-0.1, -0.05) is 6.07 Å². The van der Waals surface area contributed by atoms with Crippen molar-refractivity contribution in [1.29, 1.82) is 0 Å². The zero-order chi connectivity index (χ0) is 30.5. The molecule has 0 aromatic heterocycles. The number of benzene rings is 2. The third-order valence-corrected chi connectivity index (χ3v) is 6.05. The average molecular weight is 584 g/mol. The molecule has 0 radical (unpaired) electrons. The van der Waals surface area contributed by atoms with Gasteiger partial charge in [0.25, 0.3) is 0 Å². The maximum Gasteiger partial charge on any atom is 0.416 e. The molecule has 3 atom stereocenters. The zero-order valence-corrected chi connectivity index (χ0v) is 22.2. The first kappa shape index (κ1) is 31.6. The van der Waals surface area contributed by atoms with E-state index in [4.69, 9.17) is 0 Å². The summed E-state index contributed by atoms with van der Waals surface area (Å²) in [5, 5.41) is 60.4. The number of rotatable bonds is 10. The Morgan fingerprint density at radius 2 is 1.78 bits per heavy atom. The Morgan fingerprint density at radius 3 is 2.37 bits per heavy atom. The number of β-amino-alcohol motifs (C(OH)–C–C–N with tert-alkyl or cyclic N) is 1. The molecule has 15 heteroatoms. The number of guanidine groups is 1. The second-order valence-electron chi connectivity index (χ2n) is 10.1. The Balaban J connectivity index is 1.73. The molecule has 2 aromatic carbocycles. The summed E-state index contributed by atoms with van der Waals surface area (Å²) in [5.74, 6) is -2.12. The van der Waals surface area contributed by atoms with Gasteiger partial charge in [0.15, 0.2) is 5.96 Å². The Morgan fingerprint density at radius 1 is 1.10 bits per heavy atom. The van der Waals surface area contributed by atoms with Gasteiger partial charge >= 0.3 is 12.1 Å². The number of aliphatic hydroxyl groups is 3. The van der Waals surface area contributed by atoms with E-state index in [0.29, 0.717) is 17.7 Å². The van der Waals surface area contributed by atoms with E-state index in [2.05, 4.69) is 26.3 Å². The molecule has 0 saturated heterocycles. The summed E-state index contributed by atoms with van der Waals surface area (Å²) in [5.41, 5.74) is -2.63. The lowest BCUT2D eigenvalue weighted by Gasteiger charge is -2.24. The highest BCUT2D eigenvalue weighted by atomic mass is 19.4. The summed E-state index contributed by atoms with van der Waals surface area (Å²) in [6.07, 6.45) is -7.67. The van der Waals surface area contributed by atoms with Crippen LogP contribution in [0.25, 0.3) is 0 Å². The summed E-state index contributed by atoms with van der Waals surface area (Å²) in [6, 6.07) is 5.30. The predicted molar refractivity (Wildman–Crippen MR) is 141 cm³/mol. The summed E-state index contributed by atoms with van der Waals surface area (Å²) in [7, 11) is 0. The minimum absolute atomic E-state index is 0.126. The van der Waals surface area contributed by atoms with Crippen LogP contribution >= 0.6 is 0 Å². The minimum Gasteiger partial charge on any atom is -0.508 e. The van der Waals surface area contributed by atoms with Crippen LogP contribution in [-0.2, 0) is 21.4 Å². The number of anilines is 1. The van der Waals surface area contributed by atoms with Crippen LogP contribution in [0.4, 0.5) is 18.9 Å². The highest BCUT2D eigenvalue weighted by molar-refractivity contribution is 5.94. The van der Waals surface area contributed by atoms with Crippen LogP contribution in [0, 0.1) is 0 Å². The van der Waals surface area contributed by atoms with Gasteiger partial charge in [-0.15, -0.1) is 0 Å². The van der Waals surface area contributed by atoms with Crippen LogP contribution < -0.4 is 21.3 Å². The molecule has 0 bridgehead atoms. The molecule has 12 nitrogen and oxygen atoms in total. The van der Waals surface area contributed by atoms with Crippen LogP contribution in [0.1, 0.15) is 54.8 Å². The number of alkyl halides is 3. The lowest BCUT2D eigenvalue weighted by Crippen LogP contribution is -2.42. The maximum atomic E-state index is 13.5. The molecule has 2 aromatic rings. The molecule has 41 heavy (non-hydrogen) atoms. The van der Waals surface area contributed by atoms with E-state index in [-0.39, 0.29) is 35.5 Å². The molecule has 3 rings (SSSR count). The lowest BCUT2D eigenvalue weighted by atomic mass is 9.91. The Hall–Kier alpha value is -3.92. The van der Waals surface area contributed by atoms with E-state index < -0.39 is 60.6 Å². The zero-order valence-electron chi connectivity index (χ0n) is 22.2. The molecule has 1 amide bonds. The Labute approximate surface area is 232 Å². The van der Waals surface area contributed by atoms with Crippen LogP contribution in [0.3, 0.4) is 0 Å². The van der Waals surface area contributed by atoms with Crippen molar-refractivity contribution in [2.24, 2.45) is 4.99 Å². The number of carboxylic acid groups (broad SMARTS) is 1. The molecular formula is C26H32F3N5O7. The lowest BCUT2D eigenvalue weighted by molar-refractivity contribution is -0.138. The fourth-order valence-corrected chi connectivity index (χ4v) is 3.97. The summed E-state index contributed by atoms with van der Waals surface area (Å²) in [6.45, 7) is 2.41. The summed E-state index contributed by atoms with van der Waals surface area (Å²) < 4.78 is 40.6. The number of aromatic hydroxyl groups is 1. The largest absolute Gasteiger partial charge is 0.508 e. The number of amides is 1. The molecule has 2 unspecified atom stereocenters. The number of carbonyl (C=O) groups excluding carboxylic acids is 1. The molecule has 0 spiro atoms. The number of aliphatic imine (C=N–C) groups is 1. The Kier molecular flexibility index (Phi) is 9.81. The topological polar surface area (TPSA) is 196 Å². The van der Waals surface area contributed by atoms with Gasteiger partial charge in [-0.05, 0) is 49.2 Å². The second kappa shape index (κ2) is 12.7. The highest BCUT2D eigenvalue weighted by Gasteiger charge is 2.34. The smallest absolute Gasteiger partial charge is 0.416 e. The van der Waals surface area contributed by atoms with Gasteiger partial charge in [-0.2, -0.15) is 13.2 Å². The number of hydrogen-bond donors (Lipinski definition) is 9. The first-order chi connectivity index (χ1) is 19.0. The molecule has 1 aliphatic rings. The highest BCUT2D eigenvalue weighted by Crippen LogP contribution is 2.35. The normalized spacial score (nSPS) is 17.2. The van der Waals surface area contributed by atoms with Crippen molar-refractivity contribution in [1.82, 2.24) is 16.0 Å². The van der Waals surface area contributed by atoms with Crippen LogP contribution in [0.2, 0.25) is 0 Å². The van der Waals surface area contributed by atoms with Crippen molar-refractivity contribution in [2.45, 2.75) is 50.4 Å². The van der Waals surface area contributed by atoms with E-state index >= 15 is 0 Å². The molecule has 1 aliphatic heterocycles. The third kappa shape index (κ3) is 9.31. The molecule has 0 saturated carbocycles. The van der Waals surface area contributed by atoms with Gasteiger partial charge in [0.2, 0.25) is 5.91 Å². The van der Waals surface area contributed by atoms with Crippen molar-refractivity contribution < 1.29 is 48.3 Å². The van der Waals surface area contributed by atoms with E-state index in [1.807, 2.05) is 0 Å². The number of carbonyl (C=O) groups is 2. The molecular weight excluding hydrogens is 551 g/mol. The third-order valence-electron chi connectivity index (χ3n) is 6.05. The molecule has 1 heterocycles. The quantitative estimate of drug-likeness (QED) is 0.184. The molecule has 0 aliphatic carbocycles. The average Bonchev–Trinajstić information content (AvgIpc) is 2.86. The van der Waals surface area contributed by atoms with Gasteiger partial charge in [-0.3, -0.25) is 19.9 Å². The number of halogens is 3. The monoisotopic (exact) mass is 583 g/mol. The van der Waals surface area contributed by atoms with E-state index in [0.717, 1.165) is 6.07 Å². The van der Waals surface area contributed by atoms with Crippen molar-refractivity contribution in [3.8, 4) is 5.75 Å². The fourth-order valence-electron chi connectivity index (χ4n) is 3.97. The first-order valence-electron chi connectivity index (χ1n) is 12.5. The van der Waals surface area contributed by atoms with Crippen molar-refractivity contribution >= 4 is 23.5 Å². The minimum atomic E-state index is -4.80.